The van der Waals surface area contributed by atoms with Crippen LogP contribution in [0.1, 0.15) is 18.1 Å². The zero-order valence-corrected chi connectivity index (χ0v) is 9.52. The van der Waals surface area contributed by atoms with Crippen molar-refractivity contribution in [2.45, 2.75) is 13.8 Å². The number of aromatic nitrogens is 1. The van der Waals surface area contributed by atoms with Crippen LogP contribution in [0.3, 0.4) is 0 Å². The van der Waals surface area contributed by atoms with Crippen molar-refractivity contribution in [2.24, 2.45) is 0 Å². The van der Waals surface area contributed by atoms with Crippen LogP contribution in [-0.4, -0.2) is 16.6 Å². The molecule has 2 rings (SSSR count). The third kappa shape index (κ3) is 2.04. The van der Waals surface area contributed by atoms with Crippen molar-refractivity contribution >= 4 is 22.6 Å². The molecule has 0 unspecified atom stereocenters. The van der Waals surface area contributed by atoms with Crippen molar-refractivity contribution in [3.05, 3.63) is 35.3 Å². The average Bonchev–Trinajstić information content (AvgIpc) is 2.20. The maximum absolute atomic E-state index is 11.2. The molecule has 1 amide bonds. The molecule has 0 atom stereocenters. The summed E-state index contributed by atoms with van der Waals surface area (Å²) >= 11 is 1.59. The van der Waals surface area contributed by atoms with Gasteiger partial charge in [-0.15, -0.1) is 11.8 Å². The fourth-order valence-electron chi connectivity index (χ4n) is 1.56. The largest absolute Gasteiger partial charge is 0.328 e. The first-order valence-corrected chi connectivity index (χ1v) is 5.71. The van der Waals surface area contributed by atoms with Gasteiger partial charge in [-0.05, 0) is 31.0 Å². The third-order valence-electron chi connectivity index (χ3n) is 2.28. The fourth-order valence-corrected chi connectivity index (χ4v) is 2.56. The van der Waals surface area contributed by atoms with Crippen molar-refractivity contribution in [1.82, 2.24) is 10.3 Å². The molecule has 0 spiro atoms. The summed E-state index contributed by atoms with van der Waals surface area (Å²) < 4.78 is 0. The highest BCUT2D eigenvalue weighted by molar-refractivity contribution is 8.09. The SMILES string of the molecule is CC1=C(c2ccncc2C)SCC(=O)N1. The number of pyridine rings is 1. The van der Waals surface area contributed by atoms with Gasteiger partial charge < -0.3 is 5.32 Å². The number of amides is 1. The molecule has 1 aromatic heterocycles. The third-order valence-corrected chi connectivity index (χ3v) is 3.50. The lowest BCUT2D eigenvalue weighted by Crippen LogP contribution is -2.27. The van der Waals surface area contributed by atoms with E-state index in [9.17, 15) is 4.79 Å². The minimum absolute atomic E-state index is 0.0768. The molecular formula is C11H12N2OS. The molecule has 15 heavy (non-hydrogen) atoms. The van der Waals surface area contributed by atoms with Gasteiger partial charge >= 0.3 is 0 Å². The Balaban J connectivity index is 2.43. The van der Waals surface area contributed by atoms with Crippen LogP contribution in [0, 0.1) is 6.92 Å². The number of hydrogen-bond donors (Lipinski definition) is 1. The van der Waals surface area contributed by atoms with Gasteiger partial charge in [-0.3, -0.25) is 9.78 Å². The minimum atomic E-state index is 0.0768. The van der Waals surface area contributed by atoms with Crippen LogP contribution >= 0.6 is 11.8 Å². The molecule has 2 heterocycles. The van der Waals surface area contributed by atoms with E-state index in [4.69, 9.17) is 0 Å². The summed E-state index contributed by atoms with van der Waals surface area (Å²) in [6, 6.07) is 1.98. The molecule has 0 saturated heterocycles. The molecule has 1 aliphatic rings. The van der Waals surface area contributed by atoms with Crippen molar-refractivity contribution < 1.29 is 4.79 Å². The molecule has 3 nitrogen and oxygen atoms in total. The van der Waals surface area contributed by atoms with Crippen LogP contribution in [0.4, 0.5) is 0 Å². The number of carbonyl (C=O) groups is 1. The van der Waals surface area contributed by atoms with Gasteiger partial charge in [0.1, 0.15) is 0 Å². The number of nitrogens with one attached hydrogen (secondary N) is 1. The number of allylic oxidation sites excluding steroid dienone is 1. The molecule has 4 heteroatoms. The molecular weight excluding hydrogens is 208 g/mol. The maximum atomic E-state index is 11.2. The Morgan fingerprint density at radius 3 is 2.93 bits per heavy atom. The summed E-state index contributed by atoms with van der Waals surface area (Å²) in [4.78, 5) is 16.4. The minimum Gasteiger partial charge on any atom is -0.328 e. The fraction of sp³-hybridized carbons (Fsp3) is 0.273. The Bertz CT molecular complexity index is 440. The second kappa shape index (κ2) is 4.06. The lowest BCUT2D eigenvalue weighted by atomic mass is 10.1. The Morgan fingerprint density at radius 2 is 2.27 bits per heavy atom. The smallest absolute Gasteiger partial charge is 0.234 e. The van der Waals surface area contributed by atoms with E-state index in [-0.39, 0.29) is 5.91 Å². The van der Waals surface area contributed by atoms with E-state index in [1.165, 1.54) is 0 Å². The summed E-state index contributed by atoms with van der Waals surface area (Å²) in [5, 5.41) is 2.85. The summed E-state index contributed by atoms with van der Waals surface area (Å²) in [6.45, 7) is 3.96. The molecule has 0 aliphatic carbocycles. The van der Waals surface area contributed by atoms with Gasteiger partial charge in [0.05, 0.1) is 5.75 Å². The highest BCUT2D eigenvalue weighted by Gasteiger charge is 2.17. The van der Waals surface area contributed by atoms with Gasteiger partial charge in [0.25, 0.3) is 0 Å². The number of aryl methyl sites for hydroxylation is 1. The zero-order chi connectivity index (χ0) is 10.8. The Kier molecular flexibility index (Phi) is 2.77. The summed E-state index contributed by atoms with van der Waals surface area (Å²) in [5.74, 6) is 0.571. The summed E-state index contributed by atoms with van der Waals surface area (Å²) in [7, 11) is 0. The first-order chi connectivity index (χ1) is 7.18. The number of carbonyl (C=O) groups excluding carboxylic acids is 1. The molecule has 1 N–H and O–H groups in total. The maximum Gasteiger partial charge on any atom is 0.234 e. The lowest BCUT2D eigenvalue weighted by molar-refractivity contribution is -0.117. The van der Waals surface area contributed by atoms with E-state index in [0.717, 1.165) is 21.7 Å². The predicted molar refractivity (Wildman–Crippen MR) is 62.2 cm³/mol. The number of hydrogen-bond acceptors (Lipinski definition) is 3. The van der Waals surface area contributed by atoms with E-state index < -0.39 is 0 Å². The molecule has 0 saturated carbocycles. The molecule has 0 bridgehead atoms. The zero-order valence-electron chi connectivity index (χ0n) is 8.70. The Labute approximate surface area is 93.0 Å². The Morgan fingerprint density at radius 1 is 1.47 bits per heavy atom. The molecule has 0 aromatic carbocycles. The average molecular weight is 220 g/mol. The van der Waals surface area contributed by atoms with Crippen molar-refractivity contribution in [1.29, 1.82) is 0 Å². The predicted octanol–water partition coefficient (Wildman–Crippen LogP) is 1.94. The van der Waals surface area contributed by atoms with E-state index in [1.54, 1.807) is 18.0 Å². The lowest BCUT2D eigenvalue weighted by Gasteiger charge is -2.19. The molecule has 78 valence electrons. The standard InChI is InChI=1S/C11H12N2OS/c1-7-5-12-4-3-9(7)11-8(2)13-10(14)6-15-11/h3-5H,6H2,1-2H3,(H,13,14). The summed E-state index contributed by atoms with van der Waals surface area (Å²) in [5.41, 5.74) is 3.23. The molecule has 1 aromatic rings. The number of nitrogens with zero attached hydrogens (tertiary/aromatic N) is 1. The van der Waals surface area contributed by atoms with Crippen LogP contribution in [-0.2, 0) is 4.79 Å². The van der Waals surface area contributed by atoms with Crippen molar-refractivity contribution in [2.75, 3.05) is 5.75 Å². The Hall–Kier alpha value is -1.29. The second-order valence-corrected chi connectivity index (χ2v) is 4.47. The number of rotatable bonds is 1. The monoisotopic (exact) mass is 220 g/mol. The first kappa shape index (κ1) is 10.2. The van der Waals surface area contributed by atoms with Gasteiger partial charge in [-0.1, -0.05) is 0 Å². The molecule has 1 aliphatic heterocycles. The van der Waals surface area contributed by atoms with Gasteiger partial charge in [0.2, 0.25) is 5.91 Å². The second-order valence-electron chi connectivity index (χ2n) is 3.48. The van der Waals surface area contributed by atoms with Gasteiger partial charge in [0, 0.05) is 23.0 Å². The quantitative estimate of drug-likeness (QED) is 0.786. The van der Waals surface area contributed by atoms with Gasteiger partial charge in [-0.25, -0.2) is 0 Å². The van der Waals surface area contributed by atoms with Gasteiger partial charge in [0.15, 0.2) is 0 Å². The molecule has 0 fully saturated rings. The first-order valence-electron chi connectivity index (χ1n) is 4.73. The van der Waals surface area contributed by atoms with Gasteiger partial charge in [-0.2, -0.15) is 0 Å². The van der Waals surface area contributed by atoms with E-state index >= 15 is 0 Å². The van der Waals surface area contributed by atoms with Crippen LogP contribution in [0.5, 0.6) is 0 Å². The van der Waals surface area contributed by atoms with E-state index in [0.29, 0.717) is 5.75 Å². The topological polar surface area (TPSA) is 42.0 Å². The summed E-state index contributed by atoms with van der Waals surface area (Å²) in [6.07, 6.45) is 3.62. The van der Waals surface area contributed by atoms with Crippen molar-refractivity contribution in [3.63, 3.8) is 0 Å². The van der Waals surface area contributed by atoms with Crippen LogP contribution < -0.4 is 5.32 Å². The van der Waals surface area contributed by atoms with Crippen LogP contribution in [0.2, 0.25) is 0 Å². The highest BCUT2D eigenvalue weighted by Crippen LogP contribution is 2.33. The van der Waals surface area contributed by atoms with Crippen molar-refractivity contribution in [3.8, 4) is 0 Å². The highest BCUT2D eigenvalue weighted by atomic mass is 32.2. The van der Waals surface area contributed by atoms with E-state index in [1.807, 2.05) is 26.1 Å². The number of thioether (sulfide) groups is 1. The van der Waals surface area contributed by atoms with Crippen LogP contribution in [0.15, 0.2) is 24.2 Å². The molecule has 0 radical (unpaired) electrons. The normalized spacial score (nSPS) is 16.5. The van der Waals surface area contributed by atoms with Crippen LogP contribution in [0.25, 0.3) is 4.91 Å². The van der Waals surface area contributed by atoms with E-state index in [2.05, 4.69) is 10.3 Å².